The number of carbonyl (C=O) groups excluding carboxylic acids is 1. The Bertz CT molecular complexity index is 1370. The van der Waals surface area contributed by atoms with E-state index in [9.17, 15) is 14.4 Å². The molecule has 0 unspecified atom stereocenters. The number of ether oxygens (including phenoxy) is 2. The molecule has 3 aromatic rings. The molecule has 36 heavy (non-hydrogen) atoms. The Balaban J connectivity index is 1.32. The third-order valence-corrected chi connectivity index (χ3v) is 6.85. The smallest absolute Gasteiger partial charge is 0.328 e. The van der Waals surface area contributed by atoms with E-state index in [-0.39, 0.29) is 18.0 Å². The van der Waals surface area contributed by atoms with Crippen molar-refractivity contribution in [3.63, 3.8) is 0 Å². The molecule has 4 rings (SSSR count). The van der Waals surface area contributed by atoms with Gasteiger partial charge in [0.2, 0.25) is 5.91 Å². The number of methoxy groups -OCH3 is 2. The van der Waals surface area contributed by atoms with Crippen LogP contribution in [0, 0.1) is 13.8 Å². The molecule has 9 heteroatoms. The van der Waals surface area contributed by atoms with Crippen LogP contribution < -0.4 is 25.6 Å². The zero-order valence-corrected chi connectivity index (χ0v) is 21.4. The van der Waals surface area contributed by atoms with Gasteiger partial charge < -0.3 is 24.3 Å². The Morgan fingerprint density at radius 1 is 0.944 bits per heavy atom. The number of piperazine rings is 1. The molecule has 0 bridgehead atoms. The van der Waals surface area contributed by atoms with Gasteiger partial charge in [-0.1, -0.05) is 12.1 Å². The third kappa shape index (κ3) is 5.24. The zero-order valence-electron chi connectivity index (χ0n) is 21.4. The maximum atomic E-state index is 13.0. The molecular weight excluding hydrogens is 460 g/mol. The first kappa shape index (κ1) is 25.3. The van der Waals surface area contributed by atoms with Gasteiger partial charge in [-0.05, 0) is 49.9 Å². The highest BCUT2D eigenvalue weighted by molar-refractivity contribution is 5.81. The Morgan fingerprint density at radius 3 is 2.33 bits per heavy atom. The molecule has 1 aliphatic rings. The van der Waals surface area contributed by atoms with Gasteiger partial charge >= 0.3 is 5.69 Å². The molecule has 1 aromatic heterocycles. The number of fused-ring (bicyclic) bond motifs is 1. The number of aromatic nitrogens is 2. The second-order valence-corrected chi connectivity index (χ2v) is 9.25. The summed E-state index contributed by atoms with van der Waals surface area (Å²) in [5.41, 5.74) is 3.25. The summed E-state index contributed by atoms with van der Waals surface area (Å²) < 4.78 is 11.7. The van der Waals surface area contributed by atoms with Crippen LogP contribution in [0.2, 0.25) is 0 Å². The number of benzene rings is 2. The Labute approximate surface area is 210 Å². The molecule has 1 saturated heterocycles. The number of hydrogen-bond donors (Lipinski definition) is 1. The maximum Gasteiger partial charge on any atom is 0.328 e. The molecule has 0 spiro atoms. The van der Waals surface area contributed by atoms with E-state index in [1.807, 2.05) is 4.90 Å². The summed E-state index contributed by atoms with van der Waals surface area (Å²) >= 11 is 0. The van der Waals surface area contributed by atoms with Crippen molar-refractivity contribution in [1.82, 2.24) is 14.5 Å². The van der Waals surface area contributed by atoms with E-state index in [1.165, 1.54) is 35.6 Å². The predicted octanol–water partition coefficient (Wildman–Crippen LogP) is 2.84. The minimum atomic E-state index is -0.478. The van der Waals surface area contributed by atoms with E-state index in [4.69, 9.17) is 9.47 Å². The lowest BCUT2D eigenvalue weighted by Gasteiger charge is -2.37. The monoisotopic (exact) mass is 494 g/mol. The first-order valence-electron chi connectivity index (χ1n) is 12.3. The summed E-state index contributed by atoms with van der Waals surface area (Å²) in [6.45, 7) is 7.47. The molecule has 9 nitrogen and oxygen atoms in total. The van der Waals surface area contributed by atoms with E-state index >= 15 is 0 Å². The van der Waals surface area contributed by atoms with Gasteiger partial charge in [0, 0.05) is 50.9 Å². The van der Waals surface area contributed by atoms with Crippen molar-refractivity contribution in [2.45, 2.75) is 39.7 Å². The number of aryl methyl sites for hydroxylation is 2. The summed E-state index contributed by atoms with van der Waals surface area (Å²) in [5, 5.41) is 0.352. The number of H-pyrrole nitrogens is 1. The average Bonchev–Trinajstić information content (AvgIpc) is 2.88. The molecule has 1 amide bonds. The van der Waals surface area contributed by atoms with Crippen LogP contribution in [0.1, 0.15) is 30.4 Å². The highest BCUT2D eigenvalue weighted by Crippen LogP contribution is 2.29. The predicted molar refractivity (Wildman–Crippen MR) is 140 cm³/mol. The van der Waals surface area contributed by atoms with Crippen molar-refractivity contribution in [2.24, 2.45) is 0 Å². The lowest BCUT2D eigenvalue weighted by atomic mass is 10.1. The molecule has 0 radical (unpaired) electrons. The number of rotatable bonds is 8. The number of anilines is 1. The van der Waals surface area contributed by atoms with E-state index in [2.05, 4.69) is 41.9 Å². The Kier molecular flexibility index (Phi) is 7.67. The molecule has 1 N–H and O–H groups in total. The zero-order chi connectivity index (χ0) is 25.8. The summed E-state index contributed by atoms with van der Waals surface area (Å²) in [6.07, 6.45) is 1.55. The SMILES string of the molecule is COc1cc2[nH]c(=O)n(CCCCC(=O)N3CCN(c4cc(C)ccc4C)CC3)c(=O)c2cc1OC. The average molecular weight is 495 g/mol. The number of hydrogen-bond acceptors (Lipinski definition) is 6. The van der Waals surface area contributed by atoms with Gasteiger partial charge in [0.1, 0.15) is 0 Å². The van der Waals surface area contributed by atoms with E-state index in [1.54, 1.807) is 12.1 Å². The summed E-state index contributed by atoms with van der Waals surface area (Å²) in [7, 11) is 2.99. The van der Waals surface area contributed by atoms with Crippen molar-refractivity contribution >= 4 is 22.5 Å². The van der Waals surface area contributed by atoms with Crippen LogP contribution in [-0.4, -0.2) is 60.8 Å². The largest absolute Gasteiger partial charge is 0.493 e. The second kappa shape index (κ2) is 10.9. The third-order valence-electron chi connectivity index (χ3n) is 6.85. The quantitative estimate of drug-likeness (QED) is 0.484. The van der Waals surface area contributed by atoms with Gasteiger partial charge in [0.25, 0.3) is 5.56 Å². The van der Waals surface area contributed by atoms with Crippen molar-refractivity contribution < 1.29 is 14.3 Å². The van der Waals surface area contributed by atoms with E-state index in [0.717, 1.165) is 13.1 Å². The van der Waals surface area contributed by atoms with Crippen LogP contribution in [0.4, 0.5) is 5.69 Å². The molecule has 2 aromatic carbocycles. The lowest BCUT2D eigenvalue weighted by Crippen LogP contribution is -2.49. The minimum Gasteiger partial charge on any atom is -0.493 e. The lowest BCUT2D eigenvalue weighted by molar-refractivity contribution is -0.131. The van der Waals surface area contributed by atoms with Gasteiger partial charge in [0.05, 0.1) is 25.1 Å². The molecule has 192 valence electrons. The van der Waals surface area contributed by atoms with Crippen LogP contribution in [0.15, 0.2) is 39.9 Å². The number of nitrogens with one attached hydrogen (secondary N) is 1. The molecule has 0 aliphatic carbocycles. The maximum absolute atomic E-state index is 13.0. The molecule has 2 heterocycles. The highest BCUT2D eigenvalue weighted by atomic mass is 16.5. The van der Waals surface area contributed by atoms with Crippen LogP contribution in [0.25, 0.3) is 10.9 Å². The molecular formula is C27H34N4O5. The van der Waals surface area contributed by atoms with Gasteiger partial charge in [0.15, 0.2) is 11.5 Å². The normalized spacial score (nSPS) is 13.8. The van der Waals surface area contributed by atoms with Crippen molar-refractivity contribution in [3.05, 3.63) is 62.3 Å². The van der Waals surface area contributed by atoms with Gasteiger partial charge in [-0.2, -0.15) is 0 Å². The van der Waals surface area contributed by atoms with Crippen LogP contribution in [0.3, 0.4) is 0 Å². The minimum absolute atomic E-state index is 0.118. The van der Waals surface area contributed by atoms with Crippen molar-refractivity contribution in [1.29, 1.82) is 0 Å². The van der Waals surface area contributed by atoms with Gasteiger partial charge in [-0.15, -0.1) is 0 Å². The van der Waals surface area contributed by atoms with E-state index < -0.39 is 5.69 Å². The first-order valence-corrected chi connectivity index (χ1v) is 12.3. The standard InChI is InChI=1S/C27H34N4O5/c1-18-8-9-19(2)22(15-18)29-11-13-30(14-12-29)25(32)7-5-6-10-31-26(33)20-16-23(35-3)24(36-4)17-21(20)28-27(31)34/h8-9,15-17H,5-7,10-14H2,1-4H3,(H,28,34). The van der Waals surface area contributed by atoms with Crippen molar-refractivity contribution in [3.8, 4) is 11.5 Å². The summed E-state index contributed by atoms with van der Waals surface area (Å²) in [6, 6.07) is 9.62. The Hall–Kier alpha value is -3.75. The first-order chi connectivity index (χ1) is 17.3. The number of nitrogens with zero attached hydrogens (tertiary/aromatic N) is 3. The topological polar surface area (TPSA) is 96.9 Å². The fraction of sp³-hybridized carbons (Fsp3) is 0.444. The van der Waals surface area contributed by atoms with Crippen LogP contribution in [0.5, 0.6) is 11.5 Å². The molecule has 0 atom stereocenters. The fourth-order valence-corrected chi connectivity index (χ4v) is 4.74. The molecule has 1 aliphatic heterocycles. The van der Waals surface area contributed by atoms with Gasteiger partial charge in [-0.25, -0.2) is 4.79 Å². The van der Waals surface area contributed by atoms with Crippen LogP contribution in [-0.2, 0) is 11.3 Å². The number of aromatic amines is 1. The number of amides is 1. The number of carbonyl (C=O) groups is 1. The van der Waals surface area contributed by atoms with Crippen LogP contribution >= 0.6 is 0 Å². The summed E-state index contributed by atoms with van der Waals surface area (Å²) in [4.78, 5) is 45.2. The van der Waals surface area contributed by atoms with Crippen molar-refractivity contribution in [2.75, 3.05) is 45.3 Å². The Morgan fingerprint density at radius 2 is 1.64 bits per heavy atom. The molecule has 0 saturated carbocycles. The molecule has 1 fully saturated rings. The van der Waals surface area contributed by atoms with Gasteiger partial charge in [-0.3, -0.25) is 14.2 Å². The second-order valence-electron chi connectivity index (χ2n) is 9.25. The van der Waals surface area contributed by atoms with E-state index in [0.29, 0.717) is 54.8 Å². The summed E-state index contributed by atoms with van der Waals surface area (Å²) in [5.74, 6) is 0.974. The number of unbranched alkanes of at least 4 members (excludes halogenated alkanes) is 1. The fourth-order valence-electron chi connectivity index (χ4n) is 4.74. The highest BCUT2D eigenvalue weighted by Gasteiger charge is 2.22.